The van der Waals surface area contributed by atoms with Gasteiger partial charge in [-0.05, 0) is 36.0 Å². The van der Waals surface area contributed by atoms with Crippen molar-refractivity contribution in [1.29, 1.82) is 0 Å². The molecule has 13 heteroatoms. The molecule has 2 saturated carbocycles. The Morgan fingerprint density at radius 3 is 2.12 bits per heavy atom. The maximum absolute atomic E-state index is 13.8. The smallest absolute Gasteiger partial charge is 0.235 e. The molecule has 3 aliphatic rings. The summed E-state index contributed by atoms with van der Waals surface area (Å²) in [4.78, 5) is 66.9. The van der Waals surface area contributed by atoms with E-state index in [0.29, 0.717) is 24.2 Å². The third-order valence-corrected chi connectivity index (χ3v) is 8.64. The Morgan fingerprint density at radius 2 is 1.59 bits per heavy atom. The summed E-state index contributed by atoms with van der Waals surface area (Å²) in [6.45, 7) is 0.897. The van der Waals surface area contributed by atoms with Crippen molar-refractivity contribution in [2.75, 3.05) is 41.5 Å². The number of hydrogen-bond donors (Lipinski definition) is 3. The topological polar surface area (TPSA) is 192 Å². The Morgan fingerprint density at radius 1 is 1.00 bits per heavy atom. The van der Waals surface area contributed by atoms with E-state index in [4.69, 9.17) is 24.7 Å². The van der Waals surface area contributed by atoms with Crippen molar-refractivity contribution in [2.24, 2.45) is 29.4 Å². The van der Waals surface area contributed by atoms with Crippen LogP contribution in [0, 0.1) is 23.7 Å². The van der Waals surface area contributed by atoms with Gasteiger partial charge in [-0.25, -0.2) is 0 Å². The van der Waals surface area contributed by atoms with Crippen molar-refractivity contribution in [1.82, 2.24) is 4.90 Å². The van der Waals surface area contributed by atoms with Crippen molar-refractivity contribution in [3.63, 3.8) is 0 Å². The number of ketones is 4. The fraction of sp³-hybridized carbons (Fsp3) is 0.607. The number of Topliss-reactive ketones (excluding diaryl/α,β-unsaturated/α-hetero) is 4. The second-order valence-electron chi connectivity index (χ2n) is 10.8. The first-order valence-electron chi connectivity index (χ1n) is 13.3. The zero-order chi connectivity index (χ0) is 30.2. The van der Waals surface area contributed by atoms with Crippen LogP contribution in [0.25, 0.3) is 0 Å². The highest BCUT2D eigenvalue weighted by molar-refractivity contribution is 6.31. The number of ether oxygens (including phenoxy) is 4. The van der Waals surface area contributed by atoms with Crippen molar-refractivity contribution in [2.45, 2.75) is 44.0 Å². The van der Waals surface area contributed by atoms with E-state index in [2.05, 4.69) is 0 Å². The van der Waals surface area contributed by atoms with Crippen LogP contribution in [-0.4, -0.2) is 104 Å². The van der Waals surface area contributed by atoms with Gasteiger partial charge in [-0.1, -0.05) is 6.07 Å². The molecule has 4 N–H and O–H groups in total. The molecule has 224 valence electrons. The molecule has 2 unspecified atom stereocenters. The van der Waals surface area contributed by atoms with Crippen LogP contribution in [0.15, 0.2) is 12.1 Å². The second-order valence-corrected chi connectivity index (χ2v) is 10.8. The maximum atomic E-state index is 13.8. The first-order chi connectivity index (χ1) is 19.4. The number of benzene rings is 1. The van der Waals surface area contributed by atoms with Crippen molar-refractivity contribution >= 4 is 29.0 Å². The van der Waals surface area contributed by atoms with Gasteiger partial charge in [0.15, 0.2) is 47.2 Å². The van der Waals surface area contributed by atoms with Gasteiger partial charge in [-0.3, -0.25) is 28.9 Å². The molecule has 1 amide bonds. The summed E-state index contributed by atoms with van der Waals surface area (Å²) in [5, 5.41) is 22.1. The van der Waals surface area contributed by atoms with Crippen LogP contribution >= 0.6 is 0 Å². The number of aliphatic hydroxyl groups is 1. The minimum Gasteiger partial charge on any atom is -0.507 e. The number of fused-ring (bicyclic) bond motifs is 3. The number of phenolic OH excluding ortho intramolecular Hbond substituents is 1. The maximum Gasteiger partial charge on any atom is 0.235 e. The summed E-state index contributed by atoms with van der Waals surface area (Å²) in [5.74, 6) is -10.5. The first-order valence-corrected chi connectivity index (χ1v) is 13.3. The molecule has 0 bridgehead atoms. The Bertz CT molecular complexity index is 1230. The lowest BCUT2D eigenvalue weighted by Gasteiger charge is -2.48. The number of phenols is 1. The van der Waals surface area contributed by atoms with E-state index in [9.17, 15) is 34.2 Å². The molecule has 5 atom stereocenters. The van der Waals surface area contributed by atoms with Crippen LogP contribution in [0.5, 0.6) is 5.75 Å². The minimum atomic E-state index is -2.68. The Hall–Kier alpha value is -3.07. The van der Waals surface area contributed by atoms with E-state index in [0.717, 1.165) is 0 Å². The SMILES string of the molecule is COC(CN(Cc1ccc(O)c2c1C[C@H]1C[C@H]3CC(=O)C(C(N)=O)C(=O)[C@@]3(O)C(=O)C1C2=O)CC(OC)OC)OC. The van der Waals surface area contributed by atoms with Gasteiger partial charge in [-0.2, -0.15) is 0 Å². The molecule has 0 spiro atoms. The summed E-state index contributed by atoms with van der Waals surface area (Å²) < 4.78 is 21.4. The van der Waals surface area contributed by atoms with Crippen LogP contribution in [0.1, 0.15) is 34.3 Å². The van der Waals surface area contributed by atoms with Gasteiger partial charge in [0.2, 0.25) is 5.91 Å². The highest BCUT2D eigenvalue weighted by Gasteiger charge is 2.66. The Balaban J connectivity index is 1.71. The van der Waals surface area contributed by atoms with Gasteiger partial charge >= 0.3 is 0 Å². The summed E-state index contributed by atoms with van der Waals surface area (Å²) in [6, 6.07) is 3.04. The molecule has 1 aromatic carbocycles. The zero-order valence-electron chi connectivity index (χ0n) is 23.5. The van der Waals surface area contributed by atoms with Crippen LogP contribution in [0.4, 0.5) is 0 Å². The van der Waals surface area contributed by atoms with Crippen LogP contribution in [0.2, 0.25) is 0 Å². The number of aromatic hydroxyl groups is 1. The highest BCUT2D eigenvalue weighted by Crippen LogP contribution is 2.50. The van der Waals surface area contributed by atoms with Gasteiger partial charge in [0.1, 0.15) is 5.75 Å². The number of carbonyl (C=O) groups excluding carboxylic acids is 5. The lowest BCUT2D eigenvalue weighted by atomic mass is 9.53. The quantitative estimate of drug-likeness (QED) is 0.223. The molecule has 0 heterocycles. The minimum absolute atomic E-state index is 0.0186. The van der Waals surface area contributed by atoms with Crippen molar-refractivity contribution in [3.05, 3.63) is 28.8 Å². The summed E-state index contributed by atoms with van der Waals surface area (Å²) in [6.07, 6.45) is -1.36. The summed E-state index contributed by atoms with van der Waals surface area (Å²) in [5.41, 5.74) is 3.71. The average molecular weight is 577 g/mol. The Kier molecular flexibility index (Phi) is 9.07. The number of nitrogens with two attached hydrogens (primary N) is 1. The monoisotopic (exact) mass is 576 g/mol. The lowest BCUT2D eigenvalue weighted by molar-refractivity contribution is -0.175. The van der Waals surface area contributed by atoms with E-state index in [1.54, 1.807) is 6.07 Å². The molecule has 0 aromatic heterocycles. The van der Waals surface area contributed by atoms with Crippen molar-refractivity contribution in [3.8, 4) is 5.75 Å². The summed E-state index contributed by atoms with van der Waals surface area (Å²) >= 11 is 0. The van der Waals surface area contributed by atoms with E-state index in [1.165, 1.54) is 34.5 Å². The normalized spacial score (nSPS) is 27.8. The molecule has 13 nitrogen and oxygen atoms in total. The molecule has 41 heavy (non-hydrogen) atoms. The molecule has 2 fully saturated rings. The van der Waals surface area contributed by atoms with E-state index in [1.807, 2.05) is 4.90 Å². The number of methoxy groups -OCH3 is 4. The lowest BCUT2D eigenvalue weighted by Crippen LogP contribution is -2.68. The van der Waals surface area contributed by atoms with Gasteiger partial charge in [-0.15, -0.1) is 0 Å². The van der Waals surface area contributed by atoms with Gasteiger partial charge in [0.05, 0.1) is 24.6 Å². The fourth-order valence-electron chi connectivity index (χ4n) is 6.54. The van der Waals surface area contributed by atoms with Crippen LogP contribution in [0.3, 0.4) is 0 Å². The number of rotatable bonds is 11. The van der Waals surface area contributed by atoms with Crippen molar-refractivity contribution < 1.29 is 53.1 Å². The van der Waals surface area contributed by atoms with Gasteiger partial charge < -0.3 is 34.9 Å². The molecule has 0 saturated heterocycles. The molecular weight excluding hydrogens is 540 g/mol. The van der Waals surface area contributed by atoms with E-state index >= 15 is 0 Å². The van der Waals surface area contributed by atoms with Gasteiger partial charge in [0.25, 0.3) is 0 Å². The van der Waals surface area contributed by atoms with Gasteiger partial charge in [0, 0.05) is 47.3 Å². The fourth-order valence-corrected chi connectivity index (χ4v) is 6.54. The van der Waals surface area contributed by atoms with Crippen LogP contribution in [-0.2, 0) is 51.1 Å². The molecule has 4 rings (SSSR count). The summed E-state index contributed by atoms with van der Waals surface area (Å²) in [7, 11) is 6.02. The zero-order valence-corrected chi connectivity index (χ0v) is 23.5. The largest absolute Gasteiger partial charge is 0.507 e. The number of primary amides is 1. The predicted octanol–water partition coefficient (Wildman–Crippen LogP) is -0.633. The third-order valence-electron chi connectivity index (χ3n) is 8.64. The second kappa shape index (κ2) is 12.0. The number of hydrogen-bond acceptors (Lipinski definition) is 12. The van der Waals surface area contributed by atoms with Crippen LogP contribution < -0.4 is 5.73 Å². The standard InChI is InChI=1S/C28H36N2O11/c1-38-19(39-2)11-30(12-20(40-3)41-4)10-13-5-6-17(31)22-16(13)8-14-7-15-9-18(32)23(27(29)36)26(35)28(15,37)25(34)21(14)24(22)33/h5-6,14-15,19-21,23,31,37H,7-12H2,1-4H3,(H2,29,36)/t14-,15+,21?,23?,28+/m1/s1. The highest BCUT2D eigenvalue weighted by atomic mass is 16.7. The van der Waals surface area contributed by atoms with E-state index in [-0.39, 0.29) is 30.7 Å². The third kappa shape index (κ3) is 5.33. The Labute approximate surface area is 236 Å². The average Bonchev–Trinajstić information content (AvgIpc) is 2.93. The number of nitrogens with zero attached hydrogens (tertiary/aromatic N) is 1. The van der Waals surface area contributed by atoms with E-state index < -0.39 is 77.3 Å². The molecule has 0 aliphatic heterocycles. The number of carbonyl (C=O) groups is 5. The molecule has 1 aromatic rings. The predicted molar refractivity (Wildman–Crippen MR) is 139 cm³/mol. The molecule has 3 aliphatic carbocycles. The number of amides is 1. The first kappa shape index (κ1) is 30.9. The molecule has 0 radical (unpaired) electrons. The molecular formula is C28H36N2O11.